The first kappa shape index (κ1) is 17.0. The molecule has 2 aliphatic rings. The van der Waals surface area contributed by atoms with Crippen LogP contribution in [-0.4, -0.2) is 70.2 Å². The quantitative estimate of drug-likeness (QED) is 0.884. The van der Waals surface area contributed by atoms with E-state index in [0.29, 0.717) is 24.6 Å². The van der Waals surface area contributed by atoms with Crippen molar-refractivity contribution in [1.29, 1.82) is 0 Å². The van der Waals surface area contributed by atoms with E-state index in [0.717, 1.165) is 44.7 Å². The first-order chi connectivity index (χ1) is 12.7. The van der Waals surface area contributed by atoms with Crippen LogP contribution in [-0.2, 0) is 4.74 Å². The number of urea groups is 1. The van der Waals surface area contributed by atoms with Gasteiger partial charge in [-0.1, -0.05) is 0 Å². The maximum absolute atomic E-state index is 12.5. The predicted octanol–water partition coefficient (Wildman–Crippen LogP) is 1.20. The Morgan fingerprint density at radius 2 is 1.96 bits per heavy atom. The number of aromatic nitrogens is 4. The smallest absolute Gasteiger partial charge is 0.317 e. The summed E-state index contributed by atoms with van der Waals surface area (Å²) in [6.45, 7) is 2.87. The maximum Gasteiger partial charge on any atom is 0.317 e. The maximum atomic E-state index is 12.5. The van der Waals surface area contributed by atoms with Crippen molar-refractivity contribution in [1.82, 2.24) is 30.0 Å². The zero-order chi connectivity index (χ0) is 17.9. The molecule has 2 aliphatic heterocycles. The van der Waals surface area contributed by atoms with E-state index < -0.39 is 0 Å². The van der Waals surface area contributed by atoms with Gasteiger partial charge in [-0.05, 0) is 31.7 Å². The van der Waals surface area contributed by atoms with Gasteiger partial charge in [0, 0.05) is 44.3 Å². The van der Waals surface area contributed by atoms with Gasteiger partial charge in [0.2, 0.25) is 5.88 Å². The molecule has 0 atom stereocenters. The van der Waals surface area contributed by atoms with Gasteiger partial charge < -0.3 is 19.7 Å². The Morgan fingerprint density at radius 1 is 1.19 bits per heavy atom. The number of carbonyl (C=O) groups excluding carboxylic acids is 1. The van der Waals surface area contributed by atoms with Crippen LogP contribution < -0.4 is 10.1 Å². The van der Waals surface area contributed by atoms with Gasteiger partial charge in [-0.2, -0.15) is 4.52 Å². The average molecular weight is 360 g/mol. The van der Waals surface area contributed by atoms with Gasteiger partial charge >= 0.3 is 6.03 Å². The molecule has 9 heteroatoms. The SMILES string of the molecule is COc1ccc2nnc(C3CCN(C(=O)NC4CCOCC4)CC3)n2n1. The molecule has 2 aromatic heterocycles. The molecule has 0 bridgehead atoms. The second kappa shape index (κ2) is 7.45. The highest BCUT2D eigenvalue weighted by atomic mass is 16.5. The topological polar surface area (TPSA) is 93.9 Å². The van der Waals surface area contributed by atoms with Crippen LogP contribution >= 0.6 is 0 Å². The van der Waals surface area contributed by atoms with Crippen LogP contribution in [0.2, 0.25) is 0 Å². The lowest BCUT2D eigenvalue weighted by Crippen LogP contribution is -2.49. The van der Waals surface area contributed by atoms with Crippen molar-refractivity contribution < 1.29 is 14.3 Å². The van der Waals surface area contributed by atoms with E-state index >= 15 is 0 Å². The summed E-state index contributed by atoms with van der Waals surface area (Å²) >= 11 is 0. The molecule has 9 nitrogen and oxygen atoms in total. The molecule has 0 radical (unpaired) electrons. The molecule has 0 aliphatic carbocycles. The number of ether oxygens (including phenoxy) is 2. The highest BCUT2D eigenvalue weighted by Gasteiger charge is 2.28. The van der Waals surface area contributed by atoms with E-state index in [1.54, 1.807) is 17.7 Å². The number of hydrogen-bond acceptors (Lipinski definition) is 6. The normalized spacial score (nSPS) is 19.7. The van der Waals surface area contributed by atoms with E-state index in [4.69, 9.17) is 9.47 Å². The summed E-state index contributed by atoms with van der Waals surface area (Å²) in [6.07, 6.45) is 3.48. The lowest BCUT2D eigenvalue weighted by molar-refractivity contribution is 0.0774. The number of hydrogen-bond donors (Lipinski definition) is 1. The van der Waals surface area contributed by atoms with Gasteiger partial charge in [0.05, 0.1) is 7.11 Å². The standard InChI is InChI=1S/C17H24N6O3/c1-25-15-3-2-14-19-20-16(23(14)21-15)12-4-8-22(9-5-12)17(24)18-13-6-10-26-11-7-13/h2-3,12-13H,4-11H2,1H3,(H,18,24). The molecular formula is C17H24N6O3. The fourth-order valence-corrected chi connectivity index (χ4v) is 3.60. The number of likely N-dealkylation sites (tertiary alicyclic amines) is 1. The van der Waals surface area contributed by atoms with Crippen LogP contribution in [0.3, 0.4) is 0 Å². The Hall–Kier alpha value is -2.42. The van der Waals surface area contributed by atoms with Gasteiger partial charge in [-0.3, -0.25) is 0 Å². The number of nitrogens with one attached hydrogen (secondary N) is 1. The number of methoxy groups -OCH3 is 1. The highest BCUT2D eigenvalue weighted by Crippen LogP contribution is 2.27. The minimum Gasteiger partial charge on any atom is -0.480 e. The van der Waals surface area contributed by atoms with Crippen molar-refractivity contribution in [3.63, 3.8) is 0 Å². The largest absolute Gasteiger partial charge is 0.480 e. The van der Waals surface area contributed by atoms with Crippen molar-refractivity contribution in [2.45, 2.75) is 37.6 Å². The fourth-order valence-electron chi connectivity index (χ4n) is 3.60. The van der Waals surface area contributed by atoms with E-state index in [-0.39, 0.29) is 18.0 Å². The number of piperidine rings is 1. The molecule has 0 saturated carbocycles. The minimum absolute atomic E-state index is 0.0289. The number of nitrogens with zero attached hydrogens (tertiary/aromatic N) is 5. The molecule has 4 heterocycles. The minimum atomic E-state index is 0.0289. The third-order valence-corrected chi connectivity index (χ3v) is 5.17. The molecule has 0 spiro atoms. The van der Waals surface area contributed by atoms with E-state index in [1.807, 2.05) is 11.0 Å². The van der Waals surface area contributed by atoms with Crippen molar-refractivity contribution >= 4 is 11.7 Å². The van der Waals surface area contributed by atoms with Gasteiger partial charge in [-0.25, -0.2) is 4.79 Å². The molecule has 2 aromatic rings. The molecule has 26 heavy (non-hydrogen) atoms. The Balaban J connectivity index is 1.38. The predicted molar refractivity (Wildman–Crippen MR) is 93.3 cm³/mol. The molecule has 0 unspecified atom stereocenters. The lowest BCUT2D eigenvalue weighted by atomic mass is 9.96. The van der Waals surface area contributed by atoms with E-state index in [9.17, 15) is 4.79 Å². The summed E-state index contributed by atoms with van der Waals surface area (Å²) in [5, 5.41) is 16.1. The Labute approximate surface area is 151 Å². The third kappa shape index (κ3) is 3.44. The Bertz CT molecular complexity index is 765. The molecular weight excluding hydrogens is 336 g/mol. The van der Waals surface area contributed by atoms with Gasteiger partial charge in [0.1, 0.15) is 0 Å². The number of amides is 2. The second-order valence-electron chi connectivity index (χ2n) is 6.80. The van der Waals surface area contributed by atoms with Crippen molar-refractivity contribution in [3.05, 3.63) is 18.0 Å². The summed E-state index contributed by atoms with van der Waals surface area (Å²) in [6, 6.07) is 3.88. The first-order valence-corrected chi connectivity index (χ1v) is 9.14. The highest BCUT2D eigenvalue weighted by molar-refractivity contribution is 5.74. The Morgan fingerprint density at radius 3 is 2.69 bits per heavy atom. The average Bonchev–Trinajstić information content (AvgIpc) is 3.12. The molecule has 1 N–H and O–H groups in total. The van der Waals surface area contributed by atoms with Crippen LogP contribution in [0.1, 0.15) is 37.4 Å². The zero-order valence-corrected chi connectivity index (χ0v) is 14.9. The third-order valence-electron chi connectivity index (χ3n) is 5.17. The van der Waals surface area contributed by atoms with Crippen LogP contribution in [0, 0.1) is 0 Å². The summed E-state index contributed by atoms with van der Waals surface area (Å²) in [4.78, 5) is 14.4. The van der Waals surface area contributed by atoms with Crippen molar-refractivity contribution in [3.8, 4) is 5.88 Å². The fraction of sp³-hybridized carbons (Fsp3) is 0.647. The first-order valence-electron chi connectivity index (χ1n) is 9.14. The van der Waals surface area contributed by atoms with Crippen LogP contribution in [0.15, 0.2) is 12.1 Å². The molecule has 0 aromatic carbocycles. The summed E-state index contributed by atoms with van der Waals surface area (Å²) in [5.41, 5.74) is 0.709. The van der Waals surface area contributed by atoms with Gasteiger partial charge in [0.25, 0.3) is 0 Å². The number of fused-ring (bicyclic) bond motifs is 1. The summed E-state index contributed by atoms with van der Waals surface area (Å²) in [7, 11) is 1.59. The van der Waals surface area contributed by atoms with Crippen molar-refractivity contribution in [2.75, 3.05) is 33.4 Å². The molecule has 4 rings (SSSR count). The van der Waals surface area contributed by atoms with Gasteiger partial charge in [-0.15, -0.1) is 15.3 Å². The molecule has 140 valence electrons. The van der Waals surface area contributed by atoms with E-state index in [2.05, 4.69) is 20.6 Å². The molecule has 2 saturated heterocycles. The molecule has 2 fully saturated rings. The van der Waals surface area contributed by atoms with Crippen LogP contribution in [0.5, 0.6) is 5.88 Å². The zero-order valence-electron chi connectivity index (χ0n) is 14.9. The molecule has 2 amide bonds. The summed E-state index contributed by atoms with van der Waals surface area (Å²) in [5.74, 6) is 1.60. The Kier molecular flexibility index (Phi) is 4.87. The van der Waals surface area contributed by atoms with E-state index in [1.165, 1.54) is 0 Å². The lowest BCUT2D eigenvalue weighted by Gasteiger charge is -2.33. The van der Waals surface area contributed by atoms with Gasteiger partial charge in [0.15, 0.2) is 11.5 Å². The number of rotatable bonds is 3. The van der Waals surface area contributed by atoms with Crippen LogP contribution in [0.25, 0.3) is 5.65 Å². The number of carbonyl (C=O) groups is 1. The monoisotopic (exact) mass is 360 g/mol. The van der Waals surface area contributed by atoms with Crippen molar-refractivity contribution in [2.24, 2.45) is 0 Å². The van der Waals surface area contributed by atoms with Crippen LogP contribution in [0.4, 0.5) is 4.79 Å². The summed E-state index contributed by atoms with van der Waals surface area (Å²) < 4.78 is 12.3. The second-order valence-corrected chi connectivity index (χ2v) is 6.80.